The highest BCUT2D eigenvalue weighted by atomic mass is 35.5. The first-order chi connectivity index (χ1) is 11.1. The number of halogens is 1. The fourth-order valence-electron chi connectivity index (χ4n) is 2.86. The summed E-state index contributed by atoms with van der Waals surface area (Å²) in [5, 5.41) is 11.6. The highest BCUT2D eigenvalue weighted by Gasteiger charge is 2.25. The van der Waals surface area contributed by atoms with Crippen molar-refractivity contribution in [1.82, 2.24) is 30.0 Å². The lowest BCUT2D eigenvalue weighted by atomic mass is 10.1. The van der Waals surface area contributed by atoms with E-state index in [4.69, 9.17) is 11.6 Å². The van der Waals surface area contributed by atoms with Gasteiger partial charge in [-0.1, -0.05) is 29.8 Å². The molecule has 1 aliphatic heterocycles. The molecule has 0 saturated carbocycles. The molecule has 23 heavy (non-hydrogen) atoms. The van der Waals surface area contributed by atoms with E-state index >= 15 is 0 Å². The summed E-state index contributed by atoms with van der Waals surface area (Å²) in [7, 11) is 0. The second kappa shape index (κ2) is 7.06. The zero-order chi connectivity index (χ0) is 16.2. The van der Waals surface area contributed by atoms with Crippen LogP contribution in [-0.2, 0) is 11.3 Å². The number of benzene rings is 1. The van der Waals surface area contributed by atoms with Gasteiger partial charge in [-0.3, -0.25) is 9.69 Å². The van der Waals surface area contributed by atoms with Crippen LogP contribution in [0.4, 0.5) is 0 Å². The highest BCUT2D eigenvalue weighted by molar-refractivity contribution is 6.31. The lowest BCUT2D eigenvalue weighted by Gasteiger charge is -2.38. The Hall–Kier alpha value is -1.99. The number of rotatable bonds is 4. The monoisotopic (exact) mass is 334 g/mol. The van der Waals surface area contributed by atoms with Crippen molar-refractivity contribution in [2.75, 3.05) is 26.2 Å². The molecular weight excluding hydrogens is 316 g/mol. The minimum absolute atomic E-state index is 0.0438. The third kappa shape index (κ3) is 3.68. The lowest BCUT2D eigenvalue weighted by molar-refractivity contribution is -0.134. The minimum Gasteiger partial charge on any atom is -0.339 e. The number of piperazine rings is 1. The molecule has 122 valence electrons. The van der Waals surface area contributed by atoms with Gasteiger partial charge in [0.15, 0.2) is 0 Å². The van der Waals surface area contributed by atoms with Gasteiger partial charge >= 0.3 is 0 Å². The minimum atomic E-state index is 0.0438. The van der Waals surface area contributed by atoms with Crippen molar-refractivity contribution in [3.63, 3.8) is 0 Å². The molecule has 0 N–H and O–H groups in total. The quantitative estimate of drug-likeness (QED) is 0.841. The Morgan fingerprint density at radius 2 is 2.00 bits per heavy atom. The number of tetrazole rings is 1. The SMILES string of the molecule is C[C@H](c1ccccc1Cl)N1CCN(C(=O)Cn2cnnn2)CC1. The molecule has 0 unspecified atom stereocenters. The van der Waals surface area contributed by atoms with Gasteiger partial charge in [-0.25, -0.2) is 4.68 Å². The topological polar surface area (TPSA) is 67.2 Å². The molecule has 0 aliphatic carbocycles. The molecule has 1 aromatic heterocycles. The summed E-state index contributed by atoms with van der Waals surface area (Å²) in [6, 6.07) is 8.15. The molecule has 0 spiro atoms. The van der Waals surface area contributed by atoms with Crippen LogP contribution >= 0.6 is 11.6 Å². The molecule has 1 aliphatic rings. The lowest BCUT2D eigenvalue weighted by Crippen LogP contribution is -2.50. The summed E-state index contributed by atoms with van der Waals surface area (Å²) in [5.74, 6) is 0.0438. The third-order valence-electron chi connectivity index (χ3n) is 4.26. The van der Waals surface area contributed by atoms with E-state index in [0.717, 1.165) is 23.7 Å². The van der Waals surface area contributed by atoms with Crippen LogP contribution in [-0.4, -0.2) is 62.1 Å². The predicted molar refractivity (Wildman–Crippen MR) is 85.8 cm³/mol. The summed E-state index contributed by atoms with van der Waals surface area (Å²) in [4.78, 5) is 16.4. The van der Waals surface area contributed by atoms with E-state index in [1.165, 1.54) is 11.0 Å². The first kappa shape index (κ1) is 15.9. The summed E-state index contributed by atoms with van der Waals surface area (Å²) in [6.07, 6.45) is 1.45. The molecule has 1 atom stereocenters. The van der Waals surface area contributed by atoms with Gasteiger partial charge in [0, 0.05) is 37.2 Å². The Labute approximate surface area is 139 Å². The van der Waals surface area contributed by atoms with Gasteiger partial charge in [0.25, 0.3) is 0 Å². The summed E-state index contributed by atoms with van der Waals surface area (Å²) < 4.78 is 1.45. The Bertz CT molecular complexity index is 654. The molecule has 2 heterocycles. The van der Waals surface area contributed by atoms with Crippen molar-refractivity contribution in [1.29, 1.82) is 0 Å². The number of nitrogens with zero attached hydrogens (tertiary/aromatic N) is 6. The van der Waals surface area contributed by atoms with Crippen LogP contribution in [0.3, 0.4) is 0 Å². The Morgan fingerprint density at radius 3 is 2.65 bits per heavy atom. The molecule has 1 amide bonds. The number of aromatic nitrogens is 4. The van der Waals surface area contributed by atoms with Crippen LogP contribution in [0.5, 0.6) is 0 Å². The Morgan fingerprint density at radius 1 is 1.26 bits per heavy atom. The van der Waals surface area contributed by atoms with Crippen molar-refractivity contribution < 1.29 is 4.79 Å². The summed E-state index contributed by atoms with van der Waals surface area (Å²) in [5.41, 5.74) is 1.13. The van der Waals surface area contributed by atoms with E-state index in [9.17, 15) is 4.79 Å². The molecule has 1 fully saturated rings. The van der Waals surface area contributed by atoms with Gasteiger partial charge in [-0.15, -0.1) is 5.10 Å². The molecule has 1 aromatic carbocycles. The van der Waals surface area contributed by atoms with Crippen LogP contribution in [0.25, 0.3) is 0 Å². The number of hydrogen-bond acceptors (Lipinski definition) is 5. The fraction of sp³-hybridized carbons (Fsp3) is 0.467. The van der Waals surface area contributed by atoms with Crippen LogP contribution in [0.2, 0.25) is 5.02 Å². The van der Waals surface area contributed by atoms with Gasteiger partial charge in [0.2, 0.25) is 5.91 Å². The van der Waals surface area contributed by atoms with E-state index in [-0.39, 0.29) is 18.5 Å². The van der Waals surface area contributed by atoms with E-state index in [1.54, 1.807) is 0 Å². The average molecular weight is 335 g/mol. The first-order valence-corrected chi connectivity index (χ1v) is 8.00. The van der Waals surface area contributed by atoms with Crippen molar-refractivity contribution in [3.05, 3.63) is 41.2 Å². The van der Waals surface area contributed by atoms with Gasteiger partial charge < -0.3 is 4.90 Å². The number of carbonyl (C=O) groups is 1. The molecule has 0 radical (unpaired) electrons. The predicted octanol–water partition coefficient (Wildman–Crippen LogP) is 1.23. The maximum atomic E-state index is 12.2. The maximum Gasteiger partial charge on any atom is 0.244 e. The molecule has 3 rings (SSSR count). The van der Waals surface area contributed by atoms with E-state index < -0.39 is 0 Å². The average Bonchev–Trinajstić information content (AvgIpc) is 3.08. The van der Waals surface area contributed by atoms with Crippen molar-refractivity contribution in [2.45, 2.75) is 19.5 Å². The Balaban J connectivity index is 1.56. The molecule has 8 heteroatoms. The zero-order valence-corrected chi connectivity index (χ0v) is 13.7. The Kier molecular flexibility index (Phi) is 4.88. The van der Waals surface area contributed by atoms with Gasteiger partial charge in [-0.2, -0.15) is 0 Å². The number of carbonyl (C=O) groups excluding carboxylic acids is 1. The van der Waals surface area contributed by atoms with Gasteiger partial charge in [0.05, 0.1) is 0 Å². The van der Waals surface area contributed by atoms with Crippen LogP contribution in [0.15, 0.2) is 30.6 Å². The zero-order valence-electron chi connectivity index (χ0n) is 13.0. The standard InChI is InChI=1S/C15H19ClN6O/c1-12(13-4-2-3-5-14(13)16)20-6-8-21(9-7-20)15(23)10-22-11-17-18-19-22/h2-5,11-12H,6-10H2,1H3/t12-/m1/s1. The van der Waals surface area contributed by atoms with E-state index in [2.05, 4.69) is 33.4 Å². The summed E-state index contributed by atoms with van der Waals surface area (Å²) in [6.45, 7) is 5.40. The molecular formula is C15H19ClN6O. The van der Waals surface area contributed by atoms with Crippen molar-refractivity contribution in [2.24, 2.45) is 0 Å². The first-order valence-electron chi connectivity index (χ1n) is 7.62. The van der Waals surface area contributed by atoms with Crippen LogP contribution in [0, 0.1) is 0 Å². The van der Waals surface area contributed by atoms with Gasteiger partial charge in [-0.05, 0) is 29.0 Å². The fourth-order valence-corrected chi connectivity index (χ4v) is 3.15. The smallest absolute Gasteiger partial charge is 0.244 e. The van der Waals surface area contributed by atoms with Crippen LogP contribution in [0.1, 0.15) is 18.5 Å². The normalized spacial score (nSPS) is 17.2. The number of amides is 1. The third-order valence-corrected chi connectivity index (χ3v) is 4.60. The molecule has 7 nitrogen and oxygen atoms in total. The maximum absolute atomic E-state index is 12.2. The summed E-state index contributed by atoms with van der Waals surface area (Å²) >= 11 is 6.28. The second-order valence-electron chi connectivity index (χ2n) is 5.62. The second-order valence-corrected chi connectivity index (χ2v) is 6.03. The number of hydrogen-bond donors (Lipinski definition) is 0. The van der Waals surface area contributed by atoms with Crippen molar-refractivity contribution >= 4 is 17.5 Å². The van der Waals surface area contributed by atoms with E-state index in [1.807, 2.05) is 23.1 Å². The van der Waals surface area contributed by atoms with Crippen molar-refractivity contribution in [3.8, 4) is 0 Å². The van der Waals surface area contributed by atoms with Gasteiger partial charge in [0.1, 0.15) is 12.9 Å². The highest BCUT2D eigenvalue weighted by Crippen LogP contribution is 2.27. The molecule has 1 saturated heterocycles. The molecule has 0 bridgehead atoms. The largest absolute Gasteiger partial charge is 0.339 e. The van der Waals surface area contributed by atoms with Crippen LogP contribution < -0.4 is 0 Å². The van der Waals surface area contributed by atoms with E-state index in [0.29, 0.717) is 13.1 Å². The molecule has 2 aromatic rings.